The zero-order chi connectivity index (χ0) is 8.15. The zero-order valence-corrected chi connectivity index (χ0v) is 7.66. The Labute approximate surface area is 66.1 Å². The van der Waals surface area contributed by atoms with Crippen LogP contribution in [-0.4, -0.2) is 16.2 Å². The van der Waals surface area contributed by atoms with Crippen LogP contribution >= 0.6 is 11.8 Å². The number of carbonyl (C=O) groups excluding carboxylic acids is 1. The van der Waals surface area contributed by atoms with Crippen LogP contribution in [0.25, 0.3) is 0 Å². The van der Waals surface area contributed by atoms with Gasteiger partial charge in [-0.3, -0.25) is 4.79 Å². The molecule has 1 amide bonds. The summed E-state index contributed by atoms with van der Waals surface area (Å²) < 4.78 is 0. The Morgan fingerprint density at radius 3 is 2.10 bits per heavy atom. The van der Waals surface area contributed by atoms with Crippen molar-refractivity contribution in [2.75, 3.05) is 0 Å². The summed E-state index contributed by atoms with van der Waals surface area (Å²) >= 11 is 1.53. The van der Waals surface area contributed by atoms with E-state index in [9.17, 15) is 4.79 Å². The maximum absolute atomic E-state index is 10.6. The first kappa shape index (κ1) is 9.69. The van der Waals surface area contributed by atoms with Crippen molar-refractivity contribution in [1.82, 2.24) is 0 Å². The third-order valence-electron chi connectivity index (χ3n) is 0.963. The van der Waals surface area contributed by atoms with E-state index in [0.717, 1.165) is 5.04 Å². The van der Waals surface area contributed by atoms with Gasteiger partial charge in [-0.1, -0.05) is 25.6 Å². The van der Waals surface area contributed by atoms with Crippen LogP contribution in [0.3, 0.4) is 0 Å². The maximum Gasteiger partial charge on any atom is 0.259 e. The largest absolute Gasteiger partial charge is 0.271 e. The van der Waals surface area contributed by atoms with Crippen molar-refractivity contribution in [1.29, 1.82) is 0 Å². The quantitative estimate of drug-likeness (QED) is 0.541. The Morgan fingerprint density at radius 1 is 1.50 bits per heavy atom. The molecule has 58 valence electrons. The molecule has 0 fully saturated rings. The van der Waals surface area contributed by atoms with Gasteiger partial charge in [-0.05, 0) is 13.8 Å². The zero-order valence-electron chi connectivity index (χ0n) is 6.84. The second-order valence-corrected chi connectivity index (χ2v) is 3.26. The van der Waals surface area contributed by atoms with Gasteiger partial charge in [0.25, 0.3) is 5.91 Å². The van der Waals surface area contributed by atoms with Crippen LogP contribution in [-0.2, 0) is 4.79 Å². The van der Waals surface area contributed by atoms with Crippen molar-refractivity contribution in [2.24, 2.45) is 4.99 Å². The van der Waals surface area contributed by atoms with E-state index in [2.05, 4.69) is 4.99 Å². The minimum absolute atomic E-state index is 0.00694. The summed E-state index contributed by atoms with van der Waals surface area (Å²) in [4.78, 5) is 14.3. The first-order valence-electron chi connectivity index (χ1n) is 3.46. The van der Waals surface area contributed by atoms with Crippen LogP contribution in [0, 0.1) is 0 Å². The van der Waals surface area contributed by atoms with E-state index in [1.165, 1.54) is 11.8 Å². The number of carbonyl (C=O) groups is 1. The lowest BCUT2D eigenvalue weighted by molar-refractivity contribution is -0.116. The lowest BCUT2D eigenvalue weighted by Crippen LogP contribution is -2.02. The van der Waals surface area contributed by atoms with Gasteiger partial charge in [0.1, 0.15) is 0 Å². The van der Waals surface area contributed by atoms with Gasteiger partial charge in [0.05, 0.1) is 10.3 Å². The molecule has 1 unspecified atom stereocenters. The minimum atomic E-state index is 0.00694. The fraction of sp³-hybridized carbons (Fsp3) is 0.714. The number of rotatable bonds is 0. The van der Waals surface area contributed by atoms with Crippen molar-refractivity contribution in [3.63, 3.8) is 0 Å². The molecule has 0 radical (unpaired) electrons. The van der Waals surface area contributed by atoms with E-state index in [1.807, 2.05) is 27.7 Å². The number of hydrogen-bond donors (Lipinski definition) is 0. The summed E-state index contributed by atoms with van der Waals surface area (Å²) in [6.07, 6.45) is 0. The SMILES string of the molecule is CC.CC1=NC(=O)C(C)S1. The minimum Gasteiger partial charge on any atom is -0.271 e. The first-order chi connectivity index (χ1) is 4.70. The van der Waals surface area contributed by atoms with Gasteiger partial charge < -0.3 is 0 Å². The average molecular weight is 159 g/mol. The van der Waals surface area contributed by atoms with Gasteiger partial charge in [-0.2, -0.15) is 0 Å². The summed E-state index contributed by atoms with van der Waals surface area (Å²) in [5.41, 5.74) is 0. The fourth-order valence-corrected chi connectivity index (χ4v) is 1.39. The summed E-state index contributed by atoms with van der Waals surface area (Å²) in [7, 11) is 0. The predicted molar refractivity (Wildman–Crippen MR) is 46.5 cm³/mol. The number of nitrogens with zero attached hydrogens (tertiary/aromatic N) is 1. The second-order valence-electron chi connectivity index (χ2n) is 1.73. The highest BCUT2D eigenvalue weighted by molar-refractivity contribution is 8.15. The highest BCUT2D eigenvalue weighted by atomic mass is 32.2. The van der Waals surface area contributed by atoms with Gasteiger partial charge >= 0.3 is 0 Å². The molecule has 0 N–H and O–H groups in total. The summed E-state index contributed by atoms with van der Waals surface area (Å²) in [5.74, 6) is 0.00694. The number of amides is 1. The molecule has 1 aliphatic heterocycles. The van der Waals surface area contributed by atoms with E-state index < -0.39 is 0 Å². The van der Waals surface area contributed by atoms with Crippen LogP contribution in [0.15, 0.2) is 4.99 Å². The van der Waals surface area contributed by atoms with Crippen molar-refractivity contribution in [3.05, 3.63) is 0 Å². The molecular weight excluding hydrogens is 146 g/mol. The topological polar surface area (TPSA) is 29.4 Å². The van der Waals surface area contributed by atoms with E-state index in [1.54, 1.807) is 0 Å². The fourth-order valence-electron chi connectivity index (χ4n) is 0.579. The lowest BCUT2D eigenvalue weighted by atomic mass is 10.5. The summed E-state index contributed by atoms with van der Waals surface area (Å²) in [6.45, 7) is 7.72. The van der Waals surface area contributed by atoms with Gasteiger partial charge in [0.2, 0.25) is 0 Å². The Kier molecular flexibility index (Phi) is 4.36. The van der Waals surface area contributed by atoms with E-state index in [4.69, 9.17) is 0 Å². The molecule has 0 aliphatic carbocycles. The Morgan fingerprint density at radius 2 is 2.00 bits per heavy atom. The van der Waals surface area contributed by atoms with E-state index >= 15 is 0 Å². The molecule has 2 nitrogen and oxygen atoms in total. The smallest absolute Gasteiger partial charge is 0.259 e. The van der Waals surface area contributed by atoms with Crippen molar-refractivity contribution < 1.29 is 4.79 Å². The summed E-state index contributed by atoms with van der Waals surface area (Å²) in [5, 5.41) is 0.956. The van der Waals surface area contributed by atoms with Crippen molar-refractivity contribution in [2.45, 2.75) is 32.9 Å². The van der Waals surface area contributed by atoms with Crippen LogP contribution in [0.2, 0.25) is 0 Å². The molecule has 0 saturated carbocycles. The molecule has 10 heavy (non-hydrogen) atoms. The van der Waals surface area contributed by atoms with E-state index in [0.29, 0.717) is 0 Å². The molecule has 0 spiro atoms. The third-order valence-corrected chi connectivity index (χ3v) is 1.95. The van der Waals surface area contributed by atoms with Crippen molar-refractivity contribution in [3.8, 4) is 0 Å². The monoisotopic (exact) mass is 159 g/mol. The van der Waals surface area contributed by atoms with E-state index in [-0.39, 0.29) is 11.2 Å². The molecule has 1 aliphatic rings. The Bertz CT molecular complexity index is 154. The average Bonchev–Trinajstić information content (AvgIpc) is 2.16. The highest BCUT2D eigenvalue weighted by Crippen LogP contribution is 2.20. The Hall–Kier alpha value is -0.310. The molecule has 0 bridgehead atoms. The molecular formula is C7H13NOS. The molecule has 0 aromatic heterocycles. The van der Waals surface area contributed by atoms with Crippen LogP contribution in [0.1, 0.15) is 27.7 Å². The van der Waals surface area contributed by atoms with Crippen LogP contribution in [0.5, 0.6) is 0 Å². The van der Waals surface area contributed by atoms with Gasteiger partial charge in [0, 0.05) is 0 Å². The molecule has 1 rings (SSSR count). The predicted octanol–water partition coefficient (Wildman–Crippen LogP) is 2.09. The second kappa shape index (κ2) is 4.50. The number of thioether (sulfide) groups is 1. The molecule has 0 aromatic carbocycles. The molecule has 3 heteroatoms. The number of hydrogen-bond acceptors (Lipinski definition) is 2. The number of aliphatic imine (C=N–C) groups is 1. The van der Waals surface area contributed by atoms with Gasteiger partial charge in [-0.25, -0.2) is 4.99 Å². The third kappa shape index (κ3) is 2.52. The van der Waals surface area contributed by atoms with Gasteiger partial charge in [-0.15, -0.1) is 0 Å². The highest BCUT2D eigenvalue weighted by Gasteiger charge is 2.20. The molecule has 1 heterocycles. The standard InChI is InChI=1S/C5H7NOS.C2H6/c1-3-5(7)6-4(2)8-3;1-2/h3H,1-2H3;1-2H3. The van der Waals surface area contributed by atoms with Crippen LogP contribution in [0.4, 0.5) is 0 Å². The van der Waals surface area contributed by atoms with Gasteiger partial charge in [0.15, 0.2) is 0 Å². The normalized spacial score (nSPS) is 23.4. The van der Waals surface area contributed by atoms with Crippen molar-refractivity contribution >= 4 is 22.7 Å². The maximum atomic E-state index is 10.6. The molecule has 1 atom stereocenters. The van der Waals surface area contributed by atoms with Crippen LogP contribution < -0.4 is 0 Å². The first-order valence-corrected chi connectivity index (χ1v) is 4.34. The molecule has 0 saturated heterocycles. The Balaban J connectivity index is 0.000000371. The molecule has 0 aromatic rings. The summed E-state index contributed by atoms with van der Waals surface area (Å²) in [6, 6.07) is 0. The lowest BCUT2D eigenvalue weighted by Gasteiger charge is -1.90.